The van der Waals surface area contributed by atoms with Crippen LogP contribution in [0.2, 0.25) is 0 Å². The normalized spacial score (nSPS) is 16.5. The number of carbonyl (C=O) groups excluding carboxylic acids is 2. The molecule has 0 unspecified atom stereocenters. The van der Waals surface area contributed by atoms with Crippen LogP contribution in [0.15, 0.2) is 48.5 Å². The van der Waals surface area contributed by atoms with Gasteiger partial charge in [-0.3, -0.25) is 14.7 Å². The van der Waals surface area contributed by atoms with E-state index in [-0.39, 0.29) is 17.2 Å². The molecular weight excluding hydrogens is 461 g/mol. The Morgan fingerprint density at radius 3 is 2.34 bits per heavy atom. The van der Waals surface area contributed by atoms with Crippen LogP contribution in [0.25, 0.3) is 0 Å². The van der Waals surface area contributed by atoms with E-state index in [2.05, 4.69) is 20.8 Å². The summed E-state index contributed by atoms with van der Waals surface area (Å²) in [4.78, 5) is 24.9. The molecule has 0 radical (unpaired) electrons. The number of benzene rings is 2. The molecule has 1 aliphatic rings. The van der Waals surface area contributed by atoms with Crippen molar-refractivity contribution in [2.45, 2.75) is 50.2 Å². The number of anilines is 1. The van der Waals surface area contributed by atoms with Crippen molar-refractivity contribution in [2.24, 2.45) is 0 Å². The molecule has 2 aromatic carbocycles. The van der Waals surface area contributed by atoms with E-state index in [9.17, 15) is 27.9 Å². The van der Waals surface area contributed by atoms with Crippen molar-refractivity contribution in [3.8, 4) is 0 Å². The fraction of sp³-hybridized carbons (Fsp3) is 0.320. The first kappa shape index (κ1) is 24.5. The number of hydrogen-bond acceptors (Lipinski definition) is 4. The SMILES string of the molecule is C[C@H](NC(=O)[C@@H](O)c1cc(F)cc(F)c1)C(=O)Nc1cc(C2(c3ccccc3F)CCCC2)n[nH]1. The topological polar surface area (TPSA) is 107 Å². The molecule has 1 saturated carbocycles. The molecule has 7 nitrogen and oxygen atoms in total. The summed E-state index contributed by atoms with van der Waals surface area (Å²) in [6.07, 6.45) is 1.42. The fourth-order valence-corrected chi connectivity index (χ4v) is 4.61. The molecule has 1 heterocycles. The summed E-state index contributed by atoms with van der Waals surface area (Å²) in [5.41, 5.74) is 0.288. The Morgan fingerprint density at radius 1 is 1.03 bits per heavy atom. The van der Waals surface area contributed by atoms with Crippen molar-refractivity contribution in [3.05, 3.63) is 82.8 Å². The summed E-state index contributed by atoms with van der Waals surface area (Å²) < 4.78 is 41.4. The molecule has 0 saturated heterocycles. The third-order valence-electron chi connectivity index (χ3n) is 6.37. The molecule has 3 aromatic rings. The van der Waals surface area contributed by atoms with E-state index >= 15 is 0 Å². The van der Waals surface area contributed by atoms with E-state index in [0.717, 1.165) is 37.8 Å². The lowest BCUT2D eigenvalue weighted by Gasteiger charge is -2.28. The van der Waals surface area contributed by atoms with Crippen LogP contribution in [0.1, 0.15) is 55.5 Å². The molecular formula is C25H25F3N4O3. The van der Waals surface area contributed by atoms with Gasteiger partial charge in [-0.1, -0.05) is 31.0 Å². The van der Waals surface area contributed by atoms with Crippen LogP contribution >= 0.6 is 0 Å². The predicted molar refractivity (Wildman–Crippen MR) is 122 cm³/mol. The minimum absolute atomic E-state index is 0.265. The quantitative estimate of drug-likeness (QED) is 0.407. The number of aromatic nitrogens is 2. The van der Waals surface area contributed by atoms with E-state index in [1.165, 1.54) is 13.0 Å². The summed E-state index contributed by atoms with van der Waals surface area (Å²) in [5.74, 6) is -3.53. The van der Waals surface area contributed by atoms with E-state index < -0.39 is 41.0 Å². The van der Waals surface area contributed by atoms with Crippen molar-refractivity contribution >= 4 is 17.6 Å². The largest absolute Gasteiger partial charge is 0.378 e. The molecule has 0 spiro atoms. The number of amides is 2. The summed E-state index contributed by atoms with van der Waals surface area (Å²) >= 11 is 0. The van der Waals surface area contributed by atoms with Gasteiger partial charge in [-0.05, 0) is 43.5 Å². The van der Waals surface area contributed by atoms with Crippen LogP contribution in [0.5, 0.6) is 0 Å². The van der Waals surface area contributed by atoms with Gasteiger partial charge in [0, 0.05) is 23.1 Å². The van der Waals surface area contributed by atoms with Crippen LogP contribution in [0.3, 0.4) is 0 Å². The highest BCUT2D eigenvalue weighted by Gasteiger charge is 2.41. The number of aliphatic hydroxyl groups is 1. The third kappa shape index (κ3) is 5.07. The Kier molecular flexibility index (Phi) is 6.93. The number of H-pyrrole nitrogens is 1. The lowest BCUT2D eigenvalue weighted by atomic mass is 9.76. The molecule has 1 aromatic heterocycles. The van der Waals surface area contributed by atoms with Gasteiger partial charge in [-0.2, -0.15) is 5.10 Å². The van der Waals surface area contributed by atoms with E-state index in [0.29, 0.717) is 17.3 Å². The highest BCUT2D eigenvalue weighted by Crippen LogP contribution is 2.46. The maximum Gasteiger partial charge on any atom is 0.254 e. The van der Waals surface area contributed by atoms with Crippen LogP contribution in [0.4, 0.5) is 19.0 Å². The molecule has 10 heteroatoms. The summed E-state index contributed by atoms with van der Waals surface area (Å²) in [6, 6.07) is 9.42. The smallest absolute Gasteiger partial charge is 0.254 e. The Bertz CT molecular complexity index is 1220. The fourth-order valence-electron chi connectivity index (χ4n) is 4.61. The van der Waals surface area contributed by atoms with E-state index in [4.69, 9.17) is 0 Å². The van der Waals surface area contributed by atoms with Gasteiger partial charge in [-0.25, -0.2) is 13.2 Å². The van der Waals surface area contributed by atoms with E-state index in [1.54, 1.807) is 24.3 Å². The Hall–Kier alpha value is -3.66. The van der Waals surface area contributed by atoms with Gasteiger partial charge in [0.15, 0.2) is 6.10 Å². The average molecular weight is 486 g/mol. The Balaban J connectivity index is 1.44. The van der Waals surface area contributed by atoms with Crippen LogP contribution in [-0.2, 0) is 15.0 Å². The van der Waals surface area contributed by atoms with Crippen molar-refractivity contribution in [1.29, 1.82) is 0 Å². The molecule has 1 aliphatic carbocycles. The van der Waals surface area contributed by atoms with Crippen LogP contribution in [0, 0.1) is 17.5 Å². The second-order valence-corrected chi connectivity index (χ2v) is 8.76. The zero-order valence-electron chi connectivity index (χ0n) is 18.9. The summed E-state index contributed by atoms with van der Waals surface area (Å²) in [7, 11) is 0. The number of aromatic amines is 1. The lowest BCUT2D eigenvalue weighted by molar-refractivity contribution is -0.132. The number of rotatable bonds is 7. The minimum Gasteiger partial charge on any atom is -0.378 e. The van der Waals surface area contributed by atoms with Crippen LogP contribution < -0.4 is 10.6 Å². The maximum atomic E-state index is 14.6. The highest BCUT2D eigenvalue weighted by molar-refractivity contribution is 5.97. The molecule has 0 bridgehead atoms. The number of carbonyl (C=O) groups is 2. The first-order valence-electron chi connectivity index (χ1n) is 11.3. The second kappa shape index (κ2) is 9.91. The zero-order chi connectivity index (χ0) is 25.2. The van der Waals surface area contributed by atoms with Gasteiger partial charge in [0.25, 0.3) is 5.91 Å². The van der Waals surface area contributed by atoms with Crippen molar-refractivity contribution in [3.63, 3.8) is 0 Å². The lowest BCUT2D eigenvalue weighted by Crippen LogP contribution is -2.43. The van der Waals surface area contributed by atoms with Crippen molar-refractivity contribution in [1.82, 2.24) is 15.5 Å². The number of aliphatic hydroxyl groups excluding tert-OH is 1. The number of hydrogen-bond donors (Lipinski definition) is 4. The van der Waals surface area contributed by atoms with Gasteiger partial charge in [0.2, 0.25) is 5.91 Å². The molecule has 2 amide bonds. The second-order valence-electron chi connectivity index (χ2n) is 8.76. The predicted octanol–water partition coefficient (Wildman–Crippen LogP) is 3.86. The molecule has 35 heavy (non-hydrogen) atoms. The van der Waals surface area contributed by atoms with E-state index in [1.807, 2.05) is 0 Å². The van der Waals surface area contributed by atoms with Gasteiger partial charge >= 0.3 is 0 Å². The third-order valence-corrected chi connectivity index (χ3v) is 6.37. The molecule has 4 rings (SSSR count). The molecule has 184 valence electrons. The first-order valence-corrected chi connectivity index (χ1v) is 11.3. The zero-order valence-corrected chi connectivity index (χ0v) is 18.9. The van der Waals surface area contributed by atoms with Gasteiger partial charge < -0.3 is 15.7 Å². The molecule has 1 fully saturated rings. The number of nitrogens with one attached hydrogen (secondary N) is 3. The standard InChI is InChI=1S/C25H25F3N4O3/c1-14(29-24(35)22(33)15-10-16(26)12-17(27)11-15)23(34)30-21-13-20(31-32-21)25(8-4-5-9-25)18-6-2-3-7-19(18)28/h2-3,6-7,10-14,22,33H,4-5,8-9H2,1H3,(H,29,35)(H2,30,31,32,34)/t14-,22-/m0/s1. The monoisotopic (exact) mass is 486 g/mol. The minimum atomic E-state index is -1.86. The molecule has 2 atom stereocenters. The van der Waals surface area contributed by atoms with Crippen molar-refractivity contribution in [2.75, 3.05) is 5.32 Å². The average Bonchev–Trinajstić information content (AvgIpc) is 3.48. The summed E-state index contributed by atoms with van der Waals surface area (Å²) in [6.45, 7) is 1.39. The number of halogens is 3. The Labute approximate surface area is 199 Å². The maximum absolute atomic E-state index is 14.6. The van der Waals surface area contributed by atoms with Crippen molar-refractivity contribution < 1.29 is 27.9 Å². The molecule has 4 N–H and O–H groups in total. The van der Waals surface area contributed by atoms with Gasteiger partial charge in [-0.15, -0.1) is 0 Å². The highest BCUT2D eigenvalue weighted by atomic mass is 19.1. The summed E-state index contributed by atoms with van der Waals surface area (Å²) in [5, 5.41) is 22.1. The van der Waals surface area contributed by atoms with Gasteiger partial charge in [0.1, 0.15) is 29.3 Å². The Morgan fingerprint density at radius 2 is 1.69 bits per heavy atom. The molecule has 0 aliphatic heterocycles. The van der Waals surface area contributed by atoms with Crippen LogP contribution in [-0.4, -0.2) is 33.2 Å². The first-order chi connectivity index (χ1) is 16.7. The number of nitrogens with zero attached hydrogens (tertiary/aromatic N) is 1. The van der Waals surface area contributed by atoms with Gasteiger partial charge in [0.05, 0.1) is 5.69 Å².